The number of hydrogen-bond acceptors (Lipinski definition) is 2. The van der Waals surface area contributed by atoms with Gasteiger partial charge in [0.2, 0.25) is 5.69 Å². The molecule has 0 fully saturated rings. The smallest absolute Gasteiger partial charge is 0.213 e. The van der Waals surface area contributed by atoms with E-state index in [-0.39, 0.29) is 0 Å². The number of rotatable bonds is 1. The second-order valence-electron chi connectivity index (χ2n) is 7.00. The molecule has 3 heteroatoms. The lowest BCUT2D eigenvalue weighted by molar-refractivity contribution is -0.659. The molecule has 26 heavy (non-hydrogen) atoms. The summed E-state index contributed by atoms with van der Waals surface area (Å²) in [5.74, 6) is 0. The molecule has 0 amide bonds. The van der Waals surface area contributed by atoms with Crippen LogP contribution in [-0.4, -0.2) is 4.98 Å². The quantitative estimate of drug-likeness (QED) is 0.352. The Kier molecular flexibility index (Phi) is 3.34. The molecule has 0 aliphatic carbocycles. The van der Waals surface area contributed by atoms with Crippen LogP contribution >= 0.6 is 11.3 Å². The van der Waals surface area contributed by atoms with E-state index in [2.05, 4.69) is 86.3 Å². The number of aryl methyl sites for hydroxylation is 3. The summed E-state index contributed by atoms with van der Waals surface area (Å²) >= 11 is 1.83. The average Bonchev–Trinajstić information content (AvgIpc) is 2.96. The minimum absolute atomic E-state index is 1.06. The van der Waals surface area contributed by atoms with Crippen molar-refractivity contribution in [3.8, 4) is 11.3 Å². The fraction of sp³-hybridized carbons (Fsp3) is 0.130. The second kappa shape index (κ2) is 5.61. The van der Waals surface area contributed by atoms with Crippen molar-refractivity contribution in [3.63, 3.8) is 0 Å². The Morgan fingerprint density at radius 3 is 2.62 bits per heavy atom. The molecule has 3 aromatic heterocycles. The molecule has 0 unspecified atom stereocenters. The van der Waals surface area contributed by atoms with Gasteiger partial charge in [-0.15, -0.1) is 11.3 Å². The van der Waals surface area contributed by atoms with Crippen molar-refractivity contribution in [2.45, 2.75) is 13.8 Å². The van der Waals surface area contributed by atoms with Gasteiger partial charge in [0.05, 0.1) is 21.1 Å². The normalized spacial score (nSPS) is 11.7. The van der Waals surface area contributed by atoms with Gasteiger partial charge in [-0.1, -0.05) is 29.8 Å². The molecule has 3 heterocycles. The molecule has 0 saturated heterocycles. The zero-order valence-electron chi connectivity index (χ0n) is 15.1. The molecule has 2 nitrogen and oxygen atoms in total. The molecule has 5 rings (SSSR count). The number of hydrogen-bond donors (Lipinski definition) is 0. The Labute approximate surface area is 156 Å². The molecule has 126 valence electrons. The van der Waals surface area contributed by atoms with Crippen molar-refractivity contribution in [3.05, 3.63) is 71.9 Å². The molecule has 2 aromatic carbocycles. The maximum absolute atomic E-state index is 4.97. The van der Waals surface area contributed by atoms with Crippen LogP contribution in [0.15, 0.2) is 60.8 Å². The van der Waals surface area contributed by atoms with Gasteiger partial charge < -0.3 is 0 Å². The van der Waals surface area contributed by atoms with Gasteiger partial charge in [0.15, 0.2) is 6.20 Å². The number of benzene rings is 2. The predicted octanol–water partition coefficient (Wildman–Crippen LogP) is 5.71. The number of thiophene rings is 1. The molecule has 0 aliphatic rings. The van der Waals surface area contributed by atoms with E-state index < -0.39 is 0 Å². The summed E-state index contributed by atoms with van der Waals surface area (Å²) in [5.41, 5.74) is 7.25. The van der Waals surface area contributed by atoms with Crippen LogP contribution in [0.1, 0.15) is 11.1 Å². The van der Waals surface area contributed by atoms with Gasteiger partial charge >= 0.3 is 0 Å². The third kappa shape index (κ3) is 2.31. The van der Waals surface area contributed by atoms with Gasteiger partial charge in [0, 0.05) is 21.7 Å². The minimum atomic E-state index is 1.06. The van der Waals surface area contributed by atoms with Crippen LogP contribution in [0.5, 0.6) is 0 Å². The summed E-state index contributed by atoms with van der Waals surface area (Å²) in [6.45, 7) is 4.30. The molecule has 0 N–H and O–H groups in total. The van der Waals surface area contributed by atoms with E-state index in [1.807, 2.05) is 11.3 Å². The highest BCUT2D eigenvalue weighted by molar-refractivity contribution is 7.25. The molecule has 0 bridgehead atoms. The summed E-state index contributed by atoms with van der Waals surface area (Å²) in [6, 6.07) is 19.6. The highest BCUT2D eigenvalue weighted by Crippen LogP contribution is 2.35. The average molecular weight is 355 g/mol. The lowest BCUT2D eigenvalue weighted by atomic mass is 10.0. The van der Waals surface area contributed by atoms with E-state index in [9.17, 15) is 0 Å². The first kappa shape index (κ1) is 15.5. The maximum Gasteiger partial charge on any atom is 0.213 e. The lowest BCUT2D eigenvalue weighted by Crippen LogP contribution is -2.30. The van der Waals surface area contributed by atoms with Crippen molar-refractivity contribution < 1.29 is 4.57 Å². The van der Waals surface area contributed by atoms with Crippen LogP contribution in [0.2, 0.25) is 0 Å². The number of fused-ring (bicyclic) bond motifs is 4. The fourth-order valence-corrected chi connectivity index (χ4v) is 4.79. The highest BCUT2D eigenvalue weighted by atomic mass is 32.1. The van der Waals surface area contributed by atoms with Gasteiger partial charge in [-0.2, -0.15) is 0 Å². The zero-order valence-corrected chi connectivity index (χ0v) is 15.9. The van der Waals surface area contributed by atoms with Gasteiger partial charge in [0.1, 0.15) is 7.05 Å². The minimum Gasteiger partial charge on any atom is -0.246 e. The van der Waals surface area contributed by atoms with Crippen LogP contribution in [0.3, 0.4) is 0 Å². The molecule has 0 radical (unpaired) electrons. The van der Waals surface area contributed by atoms with Crippen molar-refractivity contribution in [2.24, 2.45) is 7.05 Å². The maximum atomic E-state index is 4.97. The first-order valence-corrected chi connectivity index (χ1v) is 9.61. The highest BCUT2D eigenvalue weighted by Gasteiger charge is 2.17. The molecular formula is C23H19N2S+. The number of pyridine rings is 2. The van der Waals surface area contributed by atoms with Crippen molar-refractivity contribution in [1.29, 1.82) is 0 Å². The van der Waals surface area contributed by atoms with E-state index in [1.54, 1.807) is 0 Å². The molecule has 0 aliphatic heterocycles. The van der Waals surface area contributed by atoms with E-state index >= 15 is 0 Å². The Morgan fingerprint density at radius 1 is 0.923 bits per heavy atom. The third-order valence-corrected chi connectivity index (χ3v) is 6.16. The summed E-state index contributed by atoms with van der Waals surface area (Å²) in [7, 11) is 2.12. The van der Waals surface area contributed by atoms with Gasteiger partial charge in [-0.05, 0) is 43.7 Å². The number of aromatic nitrogens is 2. The summed E-state index contributed by atoms with van der Waals surface area (Å²) in [5, 5.41) is 2.44. The van der Waals surface area contributed by atoms with Crippen molar-refractivity contribution >= 4 is 42.5 Å². The first-order valence-electron chi connectivity index (χ1n) is 8.79. The van der Waals surface area contributed by atoms with E-state index in [0.717, 1.165) is 11.0 Å². The molecule has 5 aromatic rings. The molecule has 0 atom stereocenters. The largest absolute Gasteiger partial charge is 0.246 e. The van der Waals surface area contributed by atoms with Crippen LogP contribution in [0.4, 0.5) is 0 Å². The van der Waals surface area contributed by atoms with Crippen LogP contribution in [-0.2, 0) is 7.05 Å². The SMILES string of the molecule is Cc1ccc2nc3c(cc2c1)sc1cc(-c2ccccc2C)[n+](C)cc13. The van der Waals surface area contributed by atoms with E-state index in [1.165, 1.54) is 42.6 Å². The monoisotopic (exact) mass is 355 g/mol. The van der Waals surface area contributed by atoms with Crippen molar-refractivity contribution in [1.82, 2.24) is 4.98 Å². The summed E-state index contributed by atoms with van der Waals surface area (Å²) in [4.78, 5) is 4.97. The fourth-order valence-electron chi connectivity index (χ4n) is 3.69. The van der Waals surface area contributed by atoms with E-state index in [4.69, 9.17) is 4.98 Å². The zero-order chi connectivity index (χ0) is 17.8. The van der Waals surface area contributed by atoms with Crippen molar-refractivity contribution in [2.75, 3.05) is 0 Å². The second-order valence-corrected chi connectivity index (χ2v) is 8.08. The van der Waals surface area contributed by atoms with E-state index in [0.29, 0.717) is 0 Å². The number of nitrogens with zero attached hydrogens (tertiary/aromatic N) is 2. The summed E-state index contributed by atoms with van der Waals surface area (Å²) in [6.07, 6.45) is 2.23. The summed E-state index contributed by atoms with van der Waals surface area (Å²) < 4.78 is 4.76. The first-order chi connectivity index (χ1) is 12.6. The molecular weight excluding hydrogens is 336 g/mol. The Hall–Kier alpha value is -2.78. The Bertz CT molecular complexity index is 1310. The van der Waals surface area contributed by atoms with Gasteiger partial charge in [0.25, 0.3) is 0 Å². The van der Waals surface area contributed by atoms with Crippen LogP contribution in [0, 0.1) is 13.8 Å². The van der Waals surface area contributed by atoms with Crippen LogP contribution < -0.4 is 4.57 Å². The Morgan fingerprint density at radius 2 is 1.77 bits per heavy atom. The third-order valence-electron chi connectivity index (χ3n) is 5.07. The van der Waals surface area contributed by atoms with Gasteiger partial charge in [-0.25, -0.2) is 9.55 Å². The lowest BCUT2D eigenvalue weighted by Gasteiger charge is -2.04. The standard InChI is InChI=1S/C23H19N2S/c1-14-8-9-19-16(10-14)11-22-23(24-19)18-13-25(3)20(12-21(18)26-22)17-7-5-4-6-15(17)2/h4-13H,1-3H3/q+1. The predicted molar refractivity (Wildman–Crippen MR) is 111 cm³/mol. The Balaban J connectivity index is 1.83. The van der Waals surface area contributed by atoms with Gasteiger partial charge in [-0.3, -0.25) is 0 Å². The topological polar surface area (TPSA) is 16.8 Å². The molecule has 0 saturated carbocycles. The van der Waals surface area contributed by atoms with Crippen LogP contribution in [0.25, 0.3) is 42.5 Å². The molecule has 0 spiro atoms.